The van der Waals surface area contributed by atoms with Crippen LogP contribution >= 0.6 is 23.2 Å². The summed E-state index contributed by atoms with van der Waals surface area (Å²) in [6.45, 7) is 4.99. The van der Waals surface area contributed by atoms with Gasteiger partial charge < -0.3 is 29.2 Å². The Labute approximate surface area is 295 Å². The highest BCUT2D eigenvalue weighted by Gasteiger charge is 2.31. The number of hydrogen-bond acceptors (Lipinski definition) is 6. The molecule has 1 N–H and O–H groups in total. The Kier molecular flexibility index (Phi) is 12.9. The van der Waals surface area contributed by atoms with E-state index < -0.39 is 29.3 Å². The largest absolute Gasteiger partial charge is 0.542 e. The first-order chi connectivity index (χ1) is 23.1. The van der Waals surface area contributed by atoms with Gasteiger partial charge in [-0.3, -0.25) is 9.36 Å². The quantitative estimate of drug-likeness (QED) is 0.147. The van der Waals surface area contributed by atoms with Crippen LogP contribution in [-0.4, -0.2) is 73.4 Å². The summed E-state index contributed by atoms with van der Waals surface area (Å²) < 4.78 is 74.4. The van der Waals surface area contributed by atoms with Crippen molar-refractivity contribution in [3.05, 3.63) is 105 Å². The number of carbonyl (C=O) groups is 2. The highest BCUT2D eigenvalue weighted by Crippen LogP contribution is 2.38. The fourth-order valence-electron chi connectivity index (χ4n) is 4.58. The first-order valence-electron chi connectivity index (χ1n) is 14.8. The predicted octanol–water partition coefficient (Wildman–Crippen LogP) is 6.11. The van der Waals surface area contributed by atoms with Crippen molar-refractivity contribution in [1.29, 1.82) is 0 Å². The molecule has 0 unspecified atom stereocenters. The van der Waals surface area contributed by atoms with Crippen molar-refractivity contribution in [1.82, 2.24) is 14.9 Å². The molecule has 4 rings (SSSR count). The van der Waals surface area contributed by atoms with Crippen LogP contribution in [0.15, 0.2) is 60.8 Å². The van der Waals surface area contributed by atoms with Crippen LogP contribution in [0.2, 0.25) is 10.0 Å². The molecule has 50 heavy (non-hydrogen) atoms. The van der Waals surface area contributed by atoms with E-state index in [9.17, 15) is 22.4 Å². The Bertz CT molecular complexity index is 1800. The molecule has 1 heterocycles. The number of aliphatic carboxylic acids is 1. The van der Waals surface area contributed by atoms with Gasteiger partial charge in [0.15, 0.2) is 17.4 Å². The third kappa shape index (κ3) is 10.3. The fraction of sp³-hybridized carbons (Fsp3) is 0.324. The number of imidazole rings is 1. The standard InChI is InChI=1S/C32H34Cl2F2N4O3.C2HF3O2/c1-32(2,21-7-12-24(33)27(17-21)42-6)28-18-38-29(39(28)23-10-8-22(35)9-11-23)19-43-30-25(34)15-20(16-26(30)36)31(41)37-13-14-40(3,4)5;3-2(4,5)1(6)7/h7-12,15-18H,13-14,19H2,1-6H3;(H,6,7). The number of halogens is 7. The van der Waals surface area contributed by atoms with Crippen LogP contribution in [-0.2, 0) is 16.8 Å². The van der Waals surface area contributed by atoms with E-state index >= 15 is 4.39 Å². The summed E-state index contributed by atoms with van der Waals surface area (Å²) in [6.07, 6.45) is -3.50. The zero-order valence-corrected chi connectivity index (χ0v) is 29.4. The third-order valence-electron chi connectivity index (χ3n) is 7.34. The number of nitrogens with one attached hydrogen (secondary N) is 1. The summed E-state index contributed by atoms with van der Waals surface area (Å²) in [6, 6.07) is 13.9. The molecular formula is C34H35Cl2F5N4O5. The zero-order chi connectivity index (χ0) is 37.6. The second kappa shape index (κ2) is 16.1. The number of quaternary nitrogens is 1. The van der Waals surface area contributed by atoms with Gasteiger partial charge in [-0.15, -0.1) is 0 Å². The van der Waals surface area contributed by atoms with Crippen LogP contribution in [0.1, 0.15) is 41.3 Å². The van der Waals surface area contributed by atoms with Crippen LogP contribution in [0.3, 0.4) is 0 Å². The number of hydrogen-bond donors (Lipinski definition) is 1. The lowest BCUT2D eigenvalue weighted by Crippen LogP contribution is -2.41. The summed E-state index contributed by atoms with van der Waals surface area (Å²) in [7, 11) is 7.57. The minimum atomic E-state index is -5.19. The molecule has 1 amide bonds. The molecule has 0 spiro atoms. The van der Waals surface area contributed by atoms with Gasteiger partial charge in [-0.2, -0.15) is 13.2 Å². The number of benzene rings is 3. The van der Waals surface area contributed by atoms with Crippen LogP contribution in [0, 0.1) is 11.6 Å². The van der Waals surface area contributed by atoms with E-state index in [0.717, 1.165) is 17.3 Å². The molecule has 0 saturated carbocycles. The molecule has 0 aliphatic heterocycles. The topological polar surface area (TPSA) is 106 Å². The number of likely N-dealkylation sites (N-methyl/N-ethyl adjacent to an activating group) is 1. The summed E-state index contributed by atoms with van der Waals surface area (Å²) >= 11 is 12.7. The molecule has 9 nitrogen and oxygen atoms in total. The maximum Gasteiger partial charge on any atom is 0.430 e. The maximum atomic E-state index is 15.2. The van der Waals surface area contributed by atoms with Gasteiger partial charge in [-0.25, -0.2) is 13.8 Å². The van der Waals surface area contributed by atoms with Gasteiger partial charge in [0.2, 0.25) is 0 Å². The normalized spacial score (nSPS) is 11.8. The van der Waals surface area contributed by atoms with Crippen molar-refractivity contribution >= 4 is 35.1 Å². The number of alkyl halides is 3. The Morgan fingerprint density at radius 1 is 0.980 bits per heavy atom. The van der Waals surface area contributed by atoms with Gasteiger partial charge in [0, 0.05) is 22.9 Å². The van der Waals surface area contributed by atoms with Crippen LogP contribution in [0.25, 0.3) is 5.69 Å². The predicted molar refractivity (Wildman–Crippen MR) is 176 cm³/mol. The van der Waals surface area contributed by atoms with Crippen LogP contribution in [0.4, 0.5) is 22.0 Å². The fourth-order valence-corrected chi connectivity index (χ4v) is 5.04. The third-order valence-corrected chi connectivity index (χ3v) is 7.93. The van der Waals surface area contributed by atoms with E-state index in [1.54, 1.807) is 31.5 Å². The van der Waals surface area contributed by atoms with Crippen molar-refractivity contribution in [2.24, 2.45) is 0 Å². The Balaban J connectivity index is 0.000000872. The molecule has 0 aliphatic carbocycles. The van der Waals surface area contributed by atoms with Crippen molar-refractivity contribution < 1.29 is 50.6 Å². The average Bonchev–Trinajstić information content (AvgIpc) is 3.45. The number of nitrogens with zero attached hydrogens (tertiary/aromatic N) is 3. The minimum absolute atomic E-state index is 0.0505. The number of rotatable bonds is 11. The molecule has 0 bridgehead atoms. The molecule has 4 aromatic rings. The molecule has 0 atom stereocenters. The lowest BCUT2D eigenvalue weighted by Gasteiger charge is -2.28. The summed E-state index contributed by atoms with van der Waals surface area (Å²) in [4.78, 5) is 26.0. The van der Waals surface area contributed by atoms with E-state index in [4.69, 9.17) is 42.6 Å². The van der Waals surface area contributed by atoms with Crippen LogP contribution < -0.4 is 19.9 Å². The molecular weight excluding hydrogens is 710 g/mol. The highest BCUT2D eigenvalue weighted by atomic mass is 35.5. The minimum Gasteiger partial charge on any atom is -0.542 e. The highest BCUT2D eigenvalue weighted by molar-refractivity contribution is 6.32. The lowest BCUT2D eigenvalue weighted by atomic mass is 9.81. The Morgan fingerprint density at radius 3 is 2.14 bits per heavy atom. The average molecular weight is 746 g/mol. The molecule has 3 aromatic carbocycles. The van der Waals surface area contributed by atoms with E-state index in [0.29, 0.717) is 39.9 Å². The number of methoxy groups -OCH3 is 1. The molecule has 0 saturated heterocycles. The number of carbonyl (C=O) groups excluding carboxylic acids is 2. The van der Waals surface area contributed by atoms with Crippen molar-refractivity contribution in [3.63, 3.8) is 0 Å². The van der Waals surface area contributed by atoms with Crippen molar-refractivity contribution in [2.45, 2.75) is 32.0 Å². The van der Waals surface area contributed by atoms with Gasteiger partial charge in [0.05, 0.1) is 57.1 Å². The molecule has 270 valence electrons. The number of amides is 1. The Morgan fingerprint density at radius 2 is 1.60 bits per heavy atom. The lowest BCUT2D eigenvalue weighted by molar-refractivity contribution is -0.869. The molecule has 1 aromatic heterocycles. The number of ether oxygens (including phenoxy) is 2. The second-order valence-electron chi connectivity index (χ2n) is 12.5. The van der Waals surface area contributed by atoms with Gasteiger partial charge in [-0.1, -0.05) is 43.1 Å². The summed E-state index contributed by atoms with van der Waals surface area (Å²) in [5, 5.41) is 12.0. The first kappa shape index (κ1) is 40.0. The Hall–Kier alpha value is -4.40. The molecule has 0 radical (unpaired) electrons. The van der Waals surface area contributed by atoms with E-state index in [-0.39, 0.29) is 28.8 Å². The van der Waals surface area contributed by atoms with E-state index in [1.807, 2.05) is 51.7 Å². The monoisotopic (exact) mass is 744 g/mol. The van der Waals surface area contributed by atoms with Gasteiger partial charge in [0.25, 0.3) is 5.91 Å². The maximum absolute atomic E-state index is 15.2. The SMILES string of the molecule is COc1cc(C(C)(C)c2cnc(COc3c(F)cc(C(=O)NCC[N+](C)(C)C)cc3Cl)n2-c2ccc(F)cc2)ccc1Cl.O=C([O-])C(F)(F)F. The van der Waals surface area contributed by atoms with Crippen LogP contribution in [0.5, 0.6) is 11.5 Å². The van der Waals surface area contributed by atoms with Gasteiger partial charge in [0.1, 0.15) is 24.1 Å². The molecule has 0 aliphatic rings. The van der Waals surface area contributed by atoms with Crippen molar-refractivity contribution in [2.75, 3.05) is 41.3 Å². The van der Waals surface area contributed by atoms with Gasteiger partial charge >= 0.3 is 6.18 Å². The van der Waals surface area contributed by atoms with Gasteiger partial charge in [-0.05, 0) is 54.1 Å². The van der Waals surface area contributed by atoms with Crippen molar-refractivity contribution in [3.8, 4) is 17.2 Å². The molecule has 0 fully saturated rings. The number of carboxylic acids is 1. The summed E-state index contributed by atoms with van der Waals surface area (Å²) in [5.41, 5.74) is 1.75. The smallest absolute Gasteiger partial charge is 0.430 e. The molecule has 16 heteroatoms. The van der Waals surface area contributed by atoms with E-state index in [1.165, 1.54) is 18.2 Å². The summed E-state index contributed by atoms with van der Waals surface area (Å²) in [5.74, 6) is -3.86. The zero-order valence-electron chi connectivity index (χ0n) is 27.9. The first-order valence-corrected chi connectivity index (χ1v) is 15.6. The number of aromatic nitrogens is 2. The number of carboxylic acid groups (broad SMARTS) is 1. The van der Waals surface area contributed by atoms with E-state index in [2.05, 4.69) is 10.3 Å². The second-order valence-corrected chi connectivity index (χ2v) is 13.3.